The maximum Gasteiger partial charge on any atom is 0.150 e. The molecule has 1 aromatic carbocycles. The fraction of sp³-hybridized carbons (Fsp3) is 0.588. The molecule has 0 bridgehead atoms. The zero-order valence-electron chi connectivity index (χ0n) is 12.5. The lowest BCUT2D eigenvalue weighted by molar-refractivity contribution is 0.0413. The lowest BCUT2D eigenvalue weighted by Gasteiger charge is -2.39. The van der Waals surface area contributed by atoms with Crippen LogP contribution in [0, 0.1) is 0 Å². The molecule has 0 saturated heterocycles. The van der Waals surface area contributed by atoms with E-state index in [2.05, 4.69) is 18.7 Å². The molecule has 2 rings (SSSR count). The summed E-state index contributed by atoms with van der Waals surface area (Å²) in [5, 5.41) is 0. The van der Waals surface area contributed by atoms with E-state index in [1.807, 2.05) is 24.3 Å². The molecule has 0 spiro atoms. The molecular weight excluding hydrogens is 250 g/mol. The summed E-state index contributed by atoms with van der Waals surface area (Å²) in [5.41, 5.74) is 0.696. The predicted molar refractivity (Wildman–Crippen MR) is 81.4 cm³/mol. The van der Waals surface area contributed by atoms with Crippen molar-refractivity contribution in [3.63, 3.8) is 0 Å². The Morgan fingerprint density at radius 1 is 1.15 bits per heavy atom. The van der Waals surface area contributed by atoms with Gasteiger partial charge in [0.1, 0.15) is 18.1 Å². The van der Waals surface area contributed by atoms with Gasteiger partial charge in [0.2, 0.25) is 0 Å². The van der Waals surface area contributed by atoms with Crippen molar-refractivity contribution in [1.82, 2.24) is 4.90 Å². The van der Waals surface area contributed by atoms with Crippen LogP contribution in [0.3, 0.4) is 0 Å². The highest BCUT2D eigenvalue weighted by molar-refractivity contribution is 5.74. The molecule has 0 aromatic heterocycles. The zero-order valence-corrected chi connectivity index (χ0v) is 12.5. The molecule has 0 radical (unpaired) electrons. The topological polar surface area (TPSA) is 29.5 Å². The average molecular weight is 275 g/mol. The van der Waals surface area contributed by atoms with E-state index in [0.29, 0.717) is 11.6 Å². The highest BCUT2D eigenvalue weighted by Crippen LogP contribution is 2.27. The normalized spacial score (nSPS) is 22.8. The van der Waals surface area contributed by atoms with E-state index >= 15 is 0 Å². The minimum Gasteiger partial charge on any atom is -0.489 e. The van der Waals surface area contributed by atoms with Crippen molar-refractivity contribution in [1.29, 1.82) is 0 Å². The first-order chi connectivity index (χ1) is 9.78. The van der Waals surface area contributed by atoms with Crippen LogP contribution in [0.2, 0.25) is 0 Å². The molecule has 20 heavy (non-hydrogen) atoms. The third kappa shape index (κ3) is 3.60. The molecule has 2 atom stereocenters. The van der Waals surface area contributed by atoms with Gasteiger partial charge in [-0.2, -0.15) is 0 Å². The molecule has 1 aliphatic carbocycles. The van der Waals surface area contributed by atoms with Gasteiger partial charge in [0.15, 0.2) is 0 Å². The second-order valence-electron chi connectivity index (χ2n) is 5.42. The quantitative estimate of drug-likeness (QED) is 0.744. The van der Waals surface area contributed by atoms with Crippen molar-refractivity contribution < 1.29 is 9.53 Å². The summed E-state index contributed by atoms with van der Waals surface area (Å²) in [7, 11) is 0. The maximum absolute atomic E-state index is 10.7. The van der Waals surface area contributed by atoms with Crippen molar-refractivity contribution in [3.8, 4) is 5.75 Å². The molecule has 0 amide bonds. The number of hydrogen-bond acceptors (Lipinski definition) is 3. The Hall–Kier alpha value is -1.35. The summed E-state index contributed by atoms with van der Waals surface area (Å²) >= 11 is 0. The number of rotatable bonds is 6. The van der Waals surface area contributed by atoms with E-state index in [1.165, 1.54) is 19.3 Å². The van der Waals surface area contributed by atoms with E-state index in [1.54, 1.807) is 0 Å². The summed E-state index contributed by atoms with van der Waals surface area (Å²) in [6.45, 7) is 6.58. The summed E-state index contributed by atoms with van der Waals surface area (Å²) in [6, 6.07) is 7.95. The summed E-state index contributed by atoms with van der Waals surface area (Å²) in [6.07, 6.45) is 6.02. The molecule has 1 fully saturated rings. The Balaban J connectivity index is 2.05. The smallest absolute Gasteiger partial charge is 0.150 e. The third-order valence-corrected chi connectivity index (χ3v) is 4.25. The molecule has 110 valence electrons. The van der Waals surface area contributed by atoms with E-state index in [9.17, 15) is 4.79 Å². The highest BCUT2D eigenvalue weighted by atomic mass is 16.5. The number of benzene rings is 1. The summed E-state index contributed by atoms with van der Waals surface area (Å²) in [5.74, 6) is 0.875. The largest absolute Gasteiger partial charge is 0.489 e. The Morgan fingerprint density at radius 2 is 1.80 bits per heavy atom. The number of likely N-dealkylation sites (N-methyl/N-ethyl adjacent to an activating group) is 1. The van der Waals surface area contributed by atoms with Crippen molar-refractivity contribution in [2.45, 2.75) is 51.7 Å². The van der Waals surface area contributed by atoms with Gasteiger partial charge in [-0.05, 0) is 56.6 Å². The number of ether oxygens (including phenoxy) is 1. The standard InChI is InChI=1S/C17H25NO2/c1-3-18(4-2)16-7-5-6-8-17(16)20-15-11-9-14(13-19)10-12-15/h9-13,16-17H,3-8H2,1-2H3. The van der Waals surface area contributed by atoms with Crippen molar-refractivity contribution in [3.05, 3.63) is 29.8 Å². The minimum absolute atomic E-state index is 0.269. The molecule has 0 heterocycles. The first-order valence-corrected chi connectivity index (χ1v) is 7.74. The molecule has 3 heteroatoms. The van der Waals surface area contributed by atoms with Gasteiger partial charge in [-0.15, -0.1) is 0 Å². The van der Waals surface area contributed by atoms with Gasteiger partial charge in [-0.3, -0.25) is 9.69 Å². The molecule has 3 nitrogen and oxygen atoms in total. The molecule has 0 aliphatic heterocycles. The van der Waals surface area contributed by atoms with Crippen LogP contribution in [-0.4, -0.2) is 36.4 Å². The second kappa shape index (κ2) is 7.44. The van der Waals surface area contributed by atoms with Crippen LogP contribution in [0.4, 0.5) is 0 Å². The lowest BCUT2D eigenvalue weighted by atomic mass is 9.91. The number of aldehydes is 1. The fourth-order valence-corrected chi connectivity index (χ4v) is 3.12. The maximum atomic E-state index is 10.7. The monoisotopic (exact) mass is 275 g/mol. The van der Waals surface area contributed by atoms with Crippen LogP contribution in [0.5, 0.6) is 5.75 Å². The highest BCUT2D eigenvalue weighted by Gasteiger charge is 2.30. The number of carbonyl (C=O) groups is 1. The van der Waals surface area contributed by atoms with Crippen LogP contribution in [0.1, 0.15) is 49.9 Å². The first-order valence-electron chi connectivity index (χ1n) is 7.74. The van der Waals surface area contributed by atoms with E-state index in [0.717, 1.165) is 31.5 Å². The van der Waals surface area contributed by atoms with E-state index < -0.39 is 0 Å². The Bertz CT molecular complexity index is 412. The van der Waals surface area contributed by atoms with Crippen molar-refractivity contribution in [2.24, 2.45) is 0 Å². The van der Waals surface area contributed by atoms with Gasteiger partial charge in [-0.1, -0.05) is 20.3 Å². The third-order valence-electron chi connectivity index (χ3n) is 4.25. The fourth-order valence-electron chi connectivity index (χ4n) is 3.12. The Kier molecular flexibility index (Phi) is 5.60. The second-order valence-corrected chi connectivity index (χ2v) is 5.42. The summed E-state index contributed by atoms with van der Waals surface area (Å²) < 4.78 is 6.19. The molecule has 1 aliphatic rings. The molecular formula is C17H25NO2. The predicted octanol–water partition coefficient (Wildman–Crippen LogP) is 3.53. The molecule has 2 unspecified atom stereocenters. The lowest BCUT2D eigenvalue weighted by Crippen LogP contribution is -2.47. The Morgan fingerprint density at radius 3 is 2.40 bits per heavy atom. The van der Waals surface area contributed by atoms with Gasteiger partial charge in [-0.25, -0.2) is 0 Å². The van der Waals surface area contributed by atoms with E-state index in [-0.39, 0.29) is 6.10 Å². The first kappa shape index (κ1) is 15.0. The molecule has 0 N–H and O–H groups in total. The van der Waals surface area contributed by atoms with Crippen molar-refractivity contribution in [2.75, 3.05) is 13.1 Å². The summed E-state index contributed by atoms with van der Waals surface area (Å²) in [4.78, 5) is 13.2. The van der Waals surface area contributed by atoms with Crippen LogP contribution in [0.25, 0.3) is 0 Å². The number of nitrogens with zero attached hydrogens (tertiary/aromatic N) is 1. The zero-order chi connectivity index (χ0) is 14.4. The molecule has 1 aromatic rings. The van der Waals surface area contributed by atoms with Gasteiger partial charge in [0, 0.05) is 11.6 Å². The van der Waals surface area contributed by atoms with E-state index in [4.69, 9.17) is 4.74 Å². The van der Waals surface area contributed by atoms with Crippen LogP contribution in [-0.2, 0) is 0 Å². The Labute approximate surface area is 121 Å². The van der Waals surface area contributed by atoms with Crippen LogP contribution >= 0.6 is 0 Å². The van der Waals surface area contributed by atoms with Crippen molar-refractivity contribution >= 4 is 6.29 Å². The average Bonchev–Trinajstić information content (AvgIpc) is 2.51. The SMILES string of the molecule is CCN(CC)C1CCCCC1Oc1ccc(C=O)cc1. The van der Waals surface area contributed by atoms with Gasteiger partial charge < -0.3 is 4.74 Å². The number of carbonyl (C=O) groups excluding carboxylic acids is 1. The van der Waals surface area contributed by atoms with Gasteiger partial charge in [0.25, 0.3) is 0 Å². The number of hydrogen-bond donors (Lipinski definition) is 0. The van der Waals surface area contributed by atoms with Crippen LogP contribution in [0.15, 0.2) is 24.3 Å². The van der Waals surface area contributed by atoms with Gasteiger partial charge in [0.05, 0.1) is 0 Å². The van der Waals surface area contributed by atoms with Crippen LogP contribution < -0.4 is 4.74 Å². The van der Waals surface area contributed by atoms with Gasteiger partial charge >= 0.3 is 0 Å². The molecule has 1 saturated carbocycles. The minimum atomic E-state index is 0.269.